The fourth-order valence-electron chi connectivity index (χ4n) is 3.94. The number of methoxy groups -OCH3 is 2. The van der Waals surface area contributed by atoms with Crippen LogP contribution in [0.3, 0.4) is 0 Å². The highest BCUT2D eigenvalue weighted by Crippen LogP contribution is 2.21. The van der Waals surface area contributed by atoms with Gasteiger partial charge < -0.3 is 14.0 Å². The lowest BCUT2D eigenvalue weighted by Crippen LogP contribution is -2.33. The van der Waals surface area contributed by atoms with Crippen LogP contribution in [0, 0.1) is 0 Å². The number of anilines is 1. The molecule has 0 unspecified atom stereocenters. The molecule has 4 aromatic rings. The Hall–Kier alpha value is -4.54. The van der Waals surface area contributed by atoms with Gasteiger partial charge >= 0.3 is 5.97 Å². The van der Waals surface area contributed by atoms with Crippen LogP contribution in [0.2, 0.25) is 0 Å². The first-order valence-electron chi connectivity index (χ1n) is 11.9. The highest BCUT2D eigenvalue weighted by atomic mass is 16.5. The summed E-state index contributed by atoms with van der Waals surface area (Å²) in [6.45, 7) is 2.72. The van der Waals surface area contributed by atoms with Gasteiger partial charge in [-0.3, -0.25) is 9.69 Å². The monoisotopic (exact) mass is 503 g/mol. The number of H-pyrrole nitrogens is 1. The zero-order chi connectivity index (χ0) is 26.2. The van der Waals surface area contributed by atoms with Gasteiger partial charge in [0.2, 0.25) is 0 Å². The number of aromatic amines is 1. The maximum Gasteiger partial charge on any atom is 0.337 e. The van der Waals surface area contributed by atoms with Crippen molar-refractivity contribution in [1.29, 1.82) is 0 Å². The van der Waals surface area contributed by atoms with Gasteiger partial charge in [-0.05, 0) is 47.0 Å². The van der Waals surface area contributed by atoms with Crippen molar-refractivity contribution >= 4 is 17.8 Å². The molecule has 0 aliphatic heterocycles. The second kappa shape index (κ2) is 11.9. The number of rotatable bonds is 11. The molecular weight excluding hydrogens is 474 g/mol. The van der Waals surface area contributed by atoms with Crippen molar-refractivity contribution in [2.24, 2.45) is 0 Å². The van der Waals surface area contributed by atoms with Crippen LogP contribution in [0.5, 0.6) is 5.75 Å². The lowest BCUT2D eigenvalue weighted by Gasteiger charge is -2.20. The van der Waals surface area contributed by atoms with Gasteiger partial charge in [0.05, 0.1) is 32.5 Å². The molecule has 0 saturated heterocycles. The number of tetrazole rings is 1. The van der Waals surface area contributed by atoms with E-state index in [1.165, 1.54) is 12.0 Å². The summed E-state index contributed by atoms with van der Waals surface area (Å²) in [6, 6.07) is 14.6. The average Bonchev–Trinajstić information content (AvgIpc) is 3.61. The number of hydrogen-bond donors (Lipinski definition) is 1. The third-order valence-electron chi connectivity index (χ3n) is 5.92. The number of nitrogens with one attached hydrogen (secondary N) is 1. The SMILES string of the molecule is CCCCc1ncc(C(=O)N(Cc2cccc(OC)c2)c2nn[nH]n2)n1Cc1ccc(C(=O)OC)cc1. The number of carbonyl (C=O) groups excluding carboxylic acids is 2. The second-order valence-corrected chi connectivity index (χ2v) is 8.39. The van der Waals surface area contributed by atoms with Gasteiger partial charge in [-0.25, -0.2) is 9.78 Å². The van der Waals surface area contributed by atoms with E-state index >= 15 is 0 Å². The van der Waals surface area contributed by atoms with Gasteiger partial charge in [0.1, 0.15) is 17.3 Å². The van der Waals surface area contributed by atoms with Gasteiger partial charge in [-0.1, -0.05) is 42.7 Å². The van der Waals surface area contributed by atoms with E-state index in [4.69, 9.17) is 9.47 Å². The Bertz CT molecular complexity index is 1330. The second-order valence-electron chi connectivity index (χ2n) is 8.39. The molecule has 192 valence electrons. The Morgan fingerprint density at radius 2 is 1.89 bits per heavy atom. The molecule has 0 atom stereocenters. The van der Waals surface area contributed by atoms with E-state index in [0.29, 0.717) is 23.6 Å². The zero-order valence-electron chi connectivity index (χ0n) is 21.0. The molecule has 1 amide bonds. The van der Waals surface area contributed by atoms with Crippen molar-refractivity contribution in [3.05, 3.63) is 82.9 Å². The van der Waals surface area contributed by atoms with E-state index in [0.717, 1.165) is 36.2 Å². The summed E-state index contributed by atoms with van der Waals surface area (Å²) < 4.78 is 12.0. The Morgan fingerprint density at radius 3 is 2.57 bits per heavy atom. The maximum absolute atomic E-state index is 13.9. The number of imidazole rings is 1. The molecule has 0 aliphatic rings. The van der Waals surface area contributed by atoms with Gasteiger partial charge in [-0.15, -0.1) is 5.10 Å². The first-order chi connectivity index (χ1) is 18.0. The molecule has 11 heteroatoms. The van der Waals surface area contributed by atoms with Crippen LogP contribution in [0.1, 0.15) is 57.6 Å². The number of hydrogen-bond acceptors (Lipinski definition) is 8. The smallest absolute Gasteiger partial charge is 0.337 e. The Balaban J connectivity index is 1.68. The predicted octanol–water partition coefficient (Wildman–Crippen LogP) is 3.43. The van der Waals surface area contributed by atoms with E-state index < -0.39 is 5.97 Å². The third-order valence-corrected chi connectivity index (χ3v) is 5.92. The number of aromatic nitrogens is 6. The highest BCUT2D eigenvalue weighted by Gasteiger charge is 2.26. The maximum atomic E-state index is 13.9. The summed E-state index contributed by atoms with van der Waals surface area (Å²) >= 11 is 0. The minimum absolute atomic E-state index is 0.151. The van der Waals surface area contributed by atoms with Crippen LogP contribution in [-0.4, -0.2) is 56.3 Å². The molecular formula is C26H29N7O4. The molecule has 37 heavy (non-hydrogen) atoms. The highest BCUT2D eigenvalue weighted by molar-refractivity contribution is 6.03. The Kier molecular flexibility index (Phi) is 8.24. The number of ether oxygens (including phenoxy) is 2. The van der Waals surface area contributed by atoms with E-state index in [9.17, 15) is 9.59 Å². The third kappa shape index (κ3) is 6.00. The summed E-state index contributed by atoms with van der Waals surface area (Å²) in [4.78, 5) is 31.8. The van der Waals surface area contributed by atoms with Crippen molar-refractivity contribution < 1.29 is 19.1 Å². The van der Waals surface area contributed by atoms with Crippen LogP contribution >= 0.6 is 0 Å². The molecule has 1 N–H and O–H groups in total. The molecule has 0 aliphatic carbocycles. The number of nitrogens with zero attached hydrogens (tertiary/aromatic N) is 6. The predicted molar refractivity (Wildman–Crippen MR) is 135 cm³/mol. The quantitative estimate of drug-likeness (QED) is 0.308. The van der Waals surface area contributed by atoms with Gasteiger partial charge in [0, 0.05) is 13.0 Å². The molecule has 0 radical (unpaired) electrons. The van der Waals surface area contributed by atoms with Crippen LogP contribution < -0.4 is 9.64 Å². The van der Waals surface area contributed by atoms with Crippen LogP contribution in [-0.2, 0) is 24.2 Å². The van der Waals surface area contributed by atoms with Crippen LogP contribution in [0.15, 0.2) is 54.7 Å². The van der Waals surface area contributed by atoms with Crippen molar-refractivity contribution in [2.75, 3.05) is 19.1 Å². The van der Waals surface area contributed by atoms with Gasteiger partial charge in [-0.2, -0.15) is 5.21 Å². The number of esters is 1. The number of carbonyl (C=O) groups is 2. The summed E-state index contributed by atoms with van der Waals surface area (Å²) in [5.74, 6) is 0.919. The van der Waals surface area contributed by atoms with Crippen LogP contribution in [0.25, 0.3) is 0 Å². The zero-order valence-corrected chi connectivity index (χ0v) is 21.0. The minimum atomic E-state index is -0.401. The average molecular weight is 504 g/mol. The number of unbranched alkanes of at least 4 members (excludes halogenated alkanes) is 1. The fraction of sp³-hybridized carbons (Fsp3) is 0.308. The van der Waals surface area contributed by atoms with E-state index in [-0.39, 0.29) is 18.4 Å². The van der Waals surface area contributed by atoms with Crippen molar-refractivity contribution in [3.8, 4) is 5.75 Å². The molecule has 2 aromatic heterocycles. The number of amides is 1. The minimum Gasteiger partial charge on any atom is -0.497 e. The largest absolute Gasteiger partial charge is 0.497 e. The normalized spacial score (nSPS) is 10.8. The molecule has 0 saturated carbocycles. The van der Waals surface area contributed by atoms with Crippen molar-refractivity contribution in [3.63, 3.8) is 0 Å². The lowest BCUT2D eigenvalue weighted by molar-refractivity contribution is 0.0600. The summed E-state index contributed by atoms with van der Waals surface area (Å²) in [5, 5.41) is 14.2. The van der Waals surface area contributed by atoms with E-state index in [2.05, 4.69) is 32.5 Å². The fourth-order valence-corrected chi connectivity index (χ4v) is 3.94. The standard InChI is InChI=1S/C26H29N7O4/c1-4-5-9-23-27-15-22(32(23)16-18-10-12-20(13-11-18)25(35)37-3)24(34)33(26-28-30-31-29-26)17-19-7-6-8-21(14-19)36-2/h6-8,10-15H,4-5,9,16-17H2,1-3H3,(H,28,29,30,31). The van der Waals surface area contributed by atoms with Gasteiger partial charge in [0.25, 0.3) is 11.9 Å². The summed E-state index contributed by atoms with van der Waals surface area (Å²) in [6.07, 6.45) is 4.25. The molecule has 0 fully saturated rings. The van der Waals surface area contributed by atoms with E-state index in [1.54, 1.807) is 25.4 Å². The molecule has 4 rings (SSSR count). The number of aryl methyl sites for hydroxylation is 1. The first-order valence-corrected chi connectivity index (χ1v) is 11.9. The number of benzene rings is 2. The topological polar surface area (TPSA) is 128 Å². The van der Waals surface area contributed by atoms with Crippen molar-refractivity contribution in [1.82, 2.24) is 30.2 Å². The Labute approximate surface area is 214 Å². The molecule has 0 bridgehead atoms. The molecule has 2 heterocycles. The summed E-state index contributed by atoms with van der Waals surface area (Å²) in [7, 11) is 2.94. The summed E-state index contributed by atoms with van der Waals surface area (Å²) in [5.41, 5.74) is 2.61. The van der Waals surface area contributed by atoms with E-state index in [1.807, 2.05) is 41.0 Å². The lowest BCUT2D eigenvalue weighted by atomic mass is 10.1. The first kappa shape index (κ1) is 25.5. The molecule has 0 spiro atoms. The molecule has 11 nitrogen and oxygen atoms in total. The van der Waals surface area contributed by atoms with Gasteiger partial charge in [0.15, 0.2) is 0 Å². The van der Waals surface area contributed by atoms with Crippen molar-refractivity contribution in [2.45, 2.75) is 39.3 Å². The molecule has 2 aromatic carbocycles. The Morgan fingerprint density at radius 1 is 1.08 bits per heavy atom. The van der Waals surface area contributed by atoms with Crippen LogP contribution in [0.4, 0.5) is 5.95 Å².